The summed E-state index contributed by atoms with van der Waals surface area (Å²) in [7, 11) is 1.45. The molecule has 1 fully saturated rings. The molecule has 1 aliphatic rings. The third-order valence-electron chi connectivity index (χ3n) is 6.60. The van der Waals surface area contributed by atoms with Gasteiger partial charge >= 0.3 is 6.61 Å². The first-order valence-electron chi connectivity index (χ1n) is 13.2. The molecule has 0 bridgehead atoms. The normalized spacial score (nSPS) is 17.0. The topological polar surface area (TPSA) is 156 Å². The Balaban J connectivity index is 1.39. The molecule has 43 heavy (non-hydrogen) atoms. The average Bonchev–Trinajstić information content (AvgIpc) is 3.64. The summed E-state index contributed by atoms with van der Waals surface area (Å²) in [6.07, 6.45) is -1.25. The number of ether oxygens (including phenoxy) is 3. The number of nitrogens with one attached hydrogen (secondary N) is 3. The standard InChI is InChI=1S/C29H31F2N5O6S/c1-40-15-22(24-11-18(16-43-24)26(32)33)35-28(39)23-12-21(42-29(30)31)14-36(23)25(37)13-34-27(38)17-7-9-20(10-8-17)41-19-5-3-2-4-6-19/h2-11,16,21-23,29H,12-15H2,1H3,(H3,32,33)(H,34,38)(H,35,39)/t21-,22-,23+/m1/s1. The van der Waals surface area contributed by atoms with Crippen LogP contribution in [0.2, 0.25) is 0 Å². The van der Waals surface area contributed by atoms with Crippen molar-refractivity contribution in [1.82, 2.24) is 15.5 Å². The molecule has 1 aromatic heterocycles. The van der Waals surface area contributed by atoms with E-state index in [1.807, 2.05) is 18.2 Å². The fourth-order valence-electron chi connectivity index (χ4n) is 4.53. The number of alkyl halides is 2. The lowest BCUT2D eigenvalue weighted by molar-refractivity contribution is -0.160. The lowest BCUT2D eigenvalue weighted by Gasteiger charge is -2.26. The van der Waals surface area contributed by atoms with Crippen LogP contribution in [0.3, 0.4) is 0 Å². The number of likely N-dealkylation sites (tertiary alicyclic amines) is 1. The number of nitrogens with zero attached hydrogens (tertiary/aromatic N) is 1. The summed E-state index contributed by atoms with van der Waals surface area (Å²) in [6.45, 7) is -3.74. The highest BCUT2D eigenvalue weighted by Gasteiger charge is 2.41. The van der Waals surface area contributed by atoms with Crippen LogP contribution in [-0.2, 0) is 19.1 Å². The second-order valence-electron chi connectivity index (χ2n) is 9.61. The fourth-order valence-corrected chi connectivity index (χ4v) is 5.47. The molecule has 1 aliphatic heterocycles. The maximum absolute atomic E-state index is 13.3. The predicted molar refractivity (Wildman–Crippen MR) is 154 cm³/mol. The zero-order chi connectivity index (χ0) is 30.9. The van der Waals surface area contributed by atoms with E-state index < -0.39 is 49.1 Å². The molecular formula is C29H31F2N5O6S. The van der Waals surface area contributed by atoms with Crippen molar-refractivity contribution in [2.24, 2.45) is 5.73 Å². The number of carbonyl (C=O) groups is 3. The SMILES string of the molecule is COC[C@@H](NC(=O)[C@@H]1C[C@@H](OC(F)F)CN1C(=O)CNC(=O)c1ccc(Oc2ccccc2)cc1)c1cc(C(=N)N)cs1. The van der Waals surface area contributed by atoms with Crippen LogP contribution < -0.4 is 21.1 Å². The number of halogens is 2. The van der Waals surface area contributed by atoms with Gasteiger partial charge < -0.3 is 35.5 Å². The molecule has 1 saturated heterocycles. The maximum atomic E-state index is 13.3. The average molecular weight is 616 g/mol. The van der Waals surface area contributed by atoms with Gasteiger partial charge in [0.05, 0.1) is 25.3 Å². The Morgan fingerprint density at radius 2 is 1.79 bits per heavy atom. The highest BCUT2D eigenvalue weighted by molar-refractivity contribution is 7.10. The van der Waals surface area contributed by atoms with E-state index in [2.05, 4.69) is 15.4 Å². The number of thiophene rings is 1. The van der Waals surface area contributed by atoms with E-state index in [1.54, 1.807) is 35.7 Å². The molecule has 3 atom stereocenters. The van der Waals surface area contributed by atoms with Crippen molar-refractivity contribution < 1.29 is 37.4 Å². The molecule has 3 aromatic rings. The molecule has 0 saturated carbocycles. The Kier molecular flexibility index (Phi) is 10.8. The molecule has 2 heterocycles. The number of hydrogen-bond donors (Lipinski definition) is 4. The number of nitrogen functional groups attached to an aromatic ring is 1. The van der Waals surface area contributed by atoms with Gasteiger partial charge in [0.2, 0.25) is 11.8 Å². The van der Waals surface area contributed by atoms with Crippen molar-refractivity contribution >= 4 is 34.9 Å². The van der Waals surface area contributed by atoms with Crippen LogP contribution in [0.1, 0.15) is 33.3 Å². The molecule has 4 rings (SSSR count). The predicted octanol–water partition coefficient (Wildman–Crippen LogP) is 3.27. The van der Waals surface area contributed by atoms with Crippen LogP contribution in [0, 0.1) is 5.41 Å². The molecule has 2 aromatic carbocycles. The number of methoxy groups -OCH3 is 1. The molecule has 14 heteroatoms. The van der Waals surface area contributed by atoms with Crippen LogP contribution in [0.4, 0.5) is 8.78 Å². The molecular weight excluding hydrogens is 584 g/mol. The Hall–Kier alpha value is -4.40. The van der Waals surface area contributed by atoms with Gasteiger partial charge in [-0.25, -0.2) is 0 Å². The first kappa shape index (κ1) is 31.5. The van der Waals surface area contributed by atoms with Gasteiger partial charge in [0.25, 0.3) is 5.91 Å². The van der Waals surface area contributed by atoms with E-state index in [1.165, 1.54) is 30.6 Å². The molecule has 3 amide bonds. The van der Waals surface area contributed by atoms with Crippen LogP contribution in [0.15, 0.2) is 66.0 Å². The number of carbonyl (C=O) groups excluding carboxylic acids is 3. The lowest BCUT2D eigenvalue weighted by atomic mass is 10.1. The smallest absolute Gasteiger partial charge is 0.345 e. The first-order chi connectivity index (χ1) is 20.6. The highest BCUT2D eigenvalue weighted by atomic mass is 32.1. The summed E-state index contributed by atoms with van der Waals surface area (Å²) >= 11 is 1.26. The molecule has 5 N–H and O–H groups in total. The Morgan fingerprint density at radius 1 is 1.09 bits per heavy atom. The van der Waals surface area contributed by atoms with Crippen LogP contribution in [0.5, 0.6) is 11.5 Å². The van der Waals surface area contributed by atoms with Crippen LogP contribution in [-0.4, -0.2) is 74.0 Å². The number of amides is 3. The minimum atomic E-state index is -3.09. The quantitative estimate of drug-likeness (QED) is 0.170. The molecule has 228 valence electrons. The molecule has 0 unspecified atom stereocenters. The Bertz CT molecular complexity index is 1420. The number of amidine groups is 1. The van der Waals surface area contributed by atoms with E-state index in [9.17, 15) is 23.2 Å². The van der Waals surface area contributed by atoms with E-state index >= 15 is 0 Å². The largest absolute Gasteiger partial charge is 0.457 e. The summed E-state index contributed by atoms with van der Waals surface area (Å²) in [5, 5.41) is 14.6. The molecule has 0 aliphatic carbocycles. The summed E-state index contributed by atoms with van der Waals surface area (Å²) in [4.78, 5) is 41.0. The van der Waals surface area contributed by atoms with Crippen LogP contribution in [0.25, 0.3) is 0 Å². The lowest BCUT2D eigenvalue weighted by Crippen LogP contribution is -2.50. The third kappa shape index (κ3) is 8.56. The van der Waals surface area contributed by atoms with E-state index in [-0.39, 0.29) is 31.0 Å². The number of rotatable bonds is 13. The van der Waals surface area contributed by atoms with Gasteiger partial charge in [-0.1, -0.05) is 18.2 Å². The first-order valence-corrected chi connectivity index (χ1v) is 14.1. The summed E-state index contributed by atoms with van der Waals surface area (Å²) in [6, 6.07) is 15.3. The zero-order valence-corrected chi connectivity index (χ0v) is 23.9. The molecule has 11 nitrogen and oxygen atoms in total. The van der Waals surface area contributed by atoms with E-state index in [4.69, 9.17) is 20.6 Å². The number of nitrogens with two attached hydrogens (primary N) is 1. The minimum Gasteiger partial charge on any atom is -0.457 e. The third-order valence-corrected chi connectivity index (χ3v) is 7.65. The van der Waals surface area contributed by atoms with Gasteiger partial charge in [0, 0.05) is 41.5 Å². The van der Waals surface area contributed by atoms with Crippen LogP contribution >= 0.6 is 11.3 Å². The van der Waals surface area contributed by atoms with Gasteiger partial charge in [-0.15, -0.1) is 11.3 Å². The van der Waals surface area contributed by atoms with Crippen molar-refractivity contribution in [2.45, 2.75) is 31.2 Å². The van der Waals surface area contributed by atoms with Crippen molar-refractivity contribution in [3.8, 4) is 11.5 Å². The summed E-state index contributed by atoms with van der Waals surface area (Å²) in [5.41, 5.74) is 6.30. The van der Waals surface area contributed by atoms with Crippen molar-refractivity contribution in [3.63, 3.8) is 0 Å². The monoisotopic (exact) mass is 615 g/mol. The number of para-hydroxylation sites is 1. The maximum Gasteiger partial charge on any atom is 0.345 e. The second-order valence-corrected chi connectivity index (χ2v) is 10.5. The van der Waals surface area contributed by atoms with E-state index in [0.29, 0.717) is 21.9 Å². The van der Waals surface area contributed by atoms with Gasteiger partial charge in [0.15, 0.2) is 0 Å². The fraction of sp³-hybridized carbons (Fsp3) is 0.310. The summed E-state index contributed by atoms with van der Waals surface area (Å²) in [5.74, 6) is -0.776. The van der Waals surface area contributed by atoms with Gasteiger partial charge in [-0.2, -0.15) is 8.78 Å². The van der Waals surface area contributed by atoms with Crippen molar-refractivity contribution in [2.75, 3.05) is 26.8 Å². The molecule has 0 spiro atoms. The number of benzene rings is 2. The second kappa shape index (κ2) is 14.7. The Labute approximate surface area is 250 Å². The van der Waals surface area contributed by atoms with Crippen molar-refractivity contribution in [1.29, 1.82) is 5.41 Å². The minimum absolute atomic E-state index is 0.0759. The van der Waals surface area contributed by atoms with Gasteiger partial charge in [-0.05, 0) is 42.5 Å². The van der Waals surface area contributed by atoms with E-state index in [0.717, 1.165) is 4.90 Å². The number of hydrogen-bond acceptors (Lipinski definition) is 8. The van der Waals surface area contributed by atoms with Crippen molar-refractivity contribution in [3.05, 3.63) is 82.0 Å². The summed E-state index contributed by atoms with van der Waals surface area (Å²) < 4.78 is 41.6. The Morgan fingerprint density at radius 3 is 2.42 bits per heavy atom. The zero-order valence-electron chi connectivity index (χ0n) is 23.1. The van der Waals surface area contributed by atoms with Gasteiger partial charge in [-0.3, -0.25) is 19.8 Å². The van der Waals surface area contributed by atoms with Gasteiger partial charge in [0.1, 0.15) is 23.4 Å². The highest BCUT2D eigenvalue weighted by Crippen LogP contribution is 2.26. The molecule has 0 radical (unpaired) electrons.